The first-order valence-corrected chi connectivity index (χ1v) is 7.83. The molecule has 1 aromatic heterocycles. The minimum Gasteiger partial charge on any atom is -0.477 e. The lowest BCUT2D eigenvalue weighted by Gasteiger charge is -2.06. The first kappa shape index (κ1) is 14.8. The van der Waals surface area contributed by atoms with Gasteiger partial charge in [0, 0.05) is 5.38 Å². The number of hydrogen-bond acceptors (Lipinski definition) is 4. The number of carbonyl (C=O) groups is 1. The average molecular weight is 336 g/mol. The standard InChI is InChI=1S/C11H7ClFNO4S2/c12-8-2-1-6(3-9(8)13)14-20(17,18)7-4-10(11(15)16)19-5-7/h1-5,14H,(H,15,16). The molecule has 0 atom stereocenters. The zero-order chi connectivity index (χ0) is 14.9. The Labute approximate surface area is 122 Å². The van der Waals surface area contributed by atoms with E-state index in [0.717, 1.165) is 23.5 Å². The topological polar surface area (TPSA) is 83.5 Å². The highest BCUT2D eigenvalue weighted by Gasteiger charge is 2.19. The molecule has 0 aliphatic heterocycles. The van der Waals surface area contributed by atoms with E-state index in [-0.39, 0.29) is 20.5 Å². The van der Waals surface area contributed by atoms with E-state index in [2.05, 4.69) is 4.72 Å². The van der Waals surface area contributed by atoms with Crippen molar-refractivity contribution in [3.05, 3.63) is 45.4 Å². The number of aromatic carboxylic acids is 1. The van der Waals surface area contributed by atoms with Gasteiger partial charge in [-0.25, -0.2) is 17.6 Å². The van der Waals surface area contributed by atoms with Crippen molar-refractivity contribution in [2.75, 3.05) is 4.72 Å². The van der Waals surface area contributed by atoms with E-state index >= 15 is 0 Å². The zero-order valence-electron chi connectivity index (χ0n) is 9.63. The van der Waals surface area contributed by atoms with Crippen molar-refractivity contribution < 1.29 is 22.7 Å². The summed E-state index contributed by atoms with van der Waals surface area (Å²) in [5, 5.41) is 9.82. The Hall–Kier alpha value is -1.64. The number of sulfonamides is 1. The van der Waals surface area contributed by atoms with E-state index in [1.807, 2.05) is 0 Å². The zero-order valence-corrected chi connectivity index (χ0v) is 12.0. The van der Waals surface area contributed by atoms with Crippen molar-refractivity contribution >= 4 is 44.6 Å². The van der Waals surface area contributed by atoms with Crippen molar-refractivity contribution in [3.63, 3.8) is 0 Å². The maximum atomic E-state index is 13.2. The quantitative estimate of drug-likeness (QED) is 0.899. The number of nitrogens with one attached hydrogen (secondary N) is 1. The van der Waals surface area contributed by atoms with Crippen molar-refractivity contribution in [1.29, 1.82) is 0 Å². The van der Waals surface area contributed by atoms with Crippen LogP contribution in [0.25, 0.3) is 0 Å². The normalized spacial score (nSPS) is 11.3. The Morgan fingerprint density at radius 2 is 2.05 bits per heavy atom. The van der Waals surface area contributed by atoms with E-state index in [9.17, 15) is 17.6 Å². The summed E-state index contributed by atoms with van der Waals surface area (Å²) >= 11 is 6.28. The van der Waals surface area contributed by atoms with Crippen LogP contribution < -0.4 is 4.72 Å². The third-order valence-corrected chi connectivity index (χ3v) is 5.00. The average Bonchev–Trinajstić information content (AvgIpc) is 2.84. The number of benzene rings is 1. The van der Waals surface area contributed by atoms with Crippen LogP contribution in [0.5, 0.6) is 0 Å². The van der Waals surface area contributed by atoms with Gasteiger partial charge in [0.15, 0.2) is 0 Å². The van der Waals surface area contributed by atoms with Gasteiger partial charge in [-0.3, -0.25) is 4.72 Å². The summed E-state index contributed by atoms with van der Waals surface area (Å²) < 4.78 is 39.3. The molecule has 5 nitrogen and oxygen atoms in total. The van der Waals surface area contributed by atoms with E-state index < -0.39 is 21.8 Å². The van der Waals surface area contributed by atoms with E-state index in [1.165, 1.54) is 17.5 Å². The third-order valence-electron chi connectivity index (χ3n) is 2.27. The highest BCUT2D eigenvalue weighted by molar-refractivity contribution is 7.92. The molecule has 0 fully saturated rings. The first-order valence-electron chi connectivity index (χ1n) is 5.09. The van der Waals surface area contributed by atoms with Crippen LogP contribution in [0.15, 0.2) is 34.5 Å². The number of hydrogen-bond donors (Lipinski definition) is 2. The van der Waals surface area contributed by atoms with Gasteiger partial charge in [0.25, 0.3) is 10.0 Å². The van der Waals surface area contributed by atoms with Gasteiger partial charge in [-0.15, -0.1) is 11.3 Å². The summed E-state index contributed by atoms with van der Waals surface area (Å²) in [4.78, 5) is 10.4. The van der Waals surface area contributed by atoms with Gasteiger partial charge in [0.1, 0.15) is 10.7 Å². The molecule has 1 aromatic carbocycles. The molecule has 0 saturated heterocycles. The summed E-state index contributed by atoms with van der Waals surface area (Å²) in [5.41, 5.74) is -0.00465. The molecule has 106 valence electrons. The van der Waals surface area contributed by atoms with E-state index in [0.29, 0.717) is 0 Å². The van der Waals surface area contributed by atoms with Gasteiger partial charge in [-0.05, 0) is 24.3 Å². The molecule has 0 saturated carbocycles. The fourth-order valence-electron chi connectivity index (χ4n) is 1.35. The summed E-state index contributed by atoms with van der Waals surface area (Å²) in [6.45, 7) is 0. The molecule has 2 N–H and O–H groups in total. The predicted octanol–water partition coefficient (Wildman–Crippen LogP) is 3.04. The maximum Gasteiger partial charge on any atom is 0.345 e. The second-order valence-electron chi connectivity index (χ2n) is 3.69. The molecular weight excluding hydrogens is 329 g/mol. The molecule has 2 aromatic rings. The van der Waals surface area contributed by atoms with E-state index in [1.54, 1.807) is 0 Å². The minimum atomic E-state index is -3.97. The summed E-state index contributed by atoms with van der Waals surface area (Å²) in [6, 6.07) is 4.48. The number of rotatable bonds is 4. The predicted molar refractivity (Wildman–Crippen MR) is 73.5 cm³/mol. The lowest BCUT2D eigenvalue weighted by molar-refractivity contribution is 0.0702. The molecule has 2 rings (SSSR count). The molecule has 9 heteroatoms. The van der Waals surface area contributed by atoms with Crippen molar-refractivity contribution in [2.24, 2.45) is 0 Å². The van der Waals surface area contributed by atoms with Gasteiger partial charge >= 0.3 is 5.97 Å². The minimum absolute atomic E-state index is 0.00465. The number of halogens is 2. The van der Waals surface area contributed by atoms with Gasteiger partial charge < -0.3 is 5.11 Å². The number of carboxylic acids is 1. The van der Waals surface area contributed by atoms with Crippen LogP contribution in [0.2, 0.25) is 5.02 Å². The fraction of sp³-hybridized carbons (Fsp3) is 0. The fourth-order valence-corrected chi connectivity index (χ4v) is 3.62. The summed E-state index contributed by atoms with van der Waals surface area (Å²) in [7, 11) is -3.97. The van der Waals surface area contributed by atoms with Crippen LogP contribution in [-0.4, -0.2) is 19.5 Å². The highest BCUT2D eigenvalue weighted by Crippen LogP contribution is 2.24. The molecule has 20 heavy (non-hydrogen) atoms. The second kappa shape index (κ2) is 5.39. The monoisotopic (exact) mass is 335 g/mol. The molecule has 0 spiro atoms. The Morgan fingerprint density at radius 1 is 1.35 bits per heavy atom. The van der Waals surface area contributed by atoms with Crippen molar-refractivity contribution in [2.45, 2.75) is 4.90 Å². The molecule has 0 amide bonds. The molecule has 0 unspecified atom stereocenters. The molecule has 1 heterocycles. The lowest BCUT2D eigenvalue weighted by atomic mass is 10.3. The van der Waals surface area contributed by atoms with Crippen molar-refractivity contribution in [3.8, 4) is 0 Å². The summed E-state index contributed by atoms with van der Waals surface area (Å²) in [6.07, 6.45) is 0. The van der Waals surface area contributed by atoms with Crippen LogP contribution in [0.4, 0.5) is 10.1 Å². The SMILES string of the molecule is O=C(O)c1cc(S(=O)(=O)Nc2ccc(Cl)c(F)c2)cs1. The molecule has 0 aliphatic carbocycles. The van der Waals surface area contributed by atoms with Crippen LogP contribution in [0.3, 0.4) is 0 Å². The smallest absolute Gasteiger partial charge is 0.345 e. The van der Waals surface area contributed by atoms with Gasteiger partial charge in [-0.2, -0.15) is 0 Å². The number of carboxylic acid groups (broad SMARTS) is 1. The van der Waals surface area contributed by atoms with Gasteiger partial charge in [-0.1, -0.05) is 11.6 Å². The Kier molecular flexibility index (Phi) is 3.98. The Balaban J connectivity index is 2.30. The summed E-state index contributed by atoms with van der Waals surface area (Å²) in [5.74, 6) is -1.97. The molecular formula is C11H7ClFNO4S2. The maximum absolute atomic E-state index is 13.2. The lowest BCUT2D eigenvalue weighted by Crippen LogP contribution is -2.12. The molecule has 0 radical (unpaired) electrons. The largest absolute Gasteiger partial charge is 0.477 e. The van der Waals surface area contributed by atoms with Gasteiger partial charge in [0.05, 0.1) is 15.6 Å². The van der Waals surface area contributed by atoms with E-state index in [4.69, 9.17) is 16.7 Å². The van der Waals surface area contributed by atoms with Crippen LogP contribution >= 0.6 is 22.9 Å². The van der Waals surface area contributed by atoms with Gasteiger partial charge in [0.2, 0.25) is 0 Å². The number of thiophene rings is 1. The van der Waals surface area contributed by atoms with Crippen LogP contribution in [-0.2, 0) is 10.0 Å². The third kappa shape index (κ3) is 3.09. The highest BCUT2D eigenvalue weighted by atomic mass is 35.5. The van der Waals surface area contributed by atoms with Crippen LogP contribution in [0.1, 0.15) is 9.67 Å². The Bertz CT molecular complexity index is 772. The first-order chi connectivity index (χ1) is 9.29. The Morgan fingerprint density at radius 3 is 2.60 bits per heavy atom. The van der Waals surface area contributed by atoms with Crippen LogP contribution in [0, 0.1) is 5.82 Å². The number of anilines is 1. The second-order valence-corrected chi connectivity index (χ2v) is 6.69. The molecule has 0 bridgehead atoms. The molecule has 0 aliphatic rings. The van der Waals surface area contributed by atoms with Crippen molar-refractivity contribution in [1.82, 2.24) is 0 Å².